The Morgan fingerprint density at radius 1 is 1.00 bits per heavy atom. The van der Waals surface area contributed by atoms with E-state index in [9.17, 15) is 19.2 Å². The zero-order valence-corrected chi connectivity index (χ0v) is 24.1. The maximum atomic E-state index is 13.3. The number of amides is 4. The molecule has 0 aliphatic carbocycles. The molecule has 4 amide bonds. The average Bonchev–Trinajstić information content (AvgIpc) is 3.39. The van der Waals surface area contributed by atoms with Gasteiger partial charge < -0.3 is 25.0 Å². The Bertz CT molecular complexity index is 1010. The molecule has 2 fully saturated rings. The molecule has 2 heterocycles. The van der Waals surface area contributed by atoms with Gasteiger partial charge in [-0.05, 0) is 70.1 Å². The number of rotatable bonds is 8. The number of carbonyl (C=O) groups excluding carboxylic acids is 4. The number of hydrogen-bond acceptors (Lipinski definition) is 6. The Morgan fingerprint density at radius 2 is 1.64 bits per heavy atom. The van der Waals surface area contributed by atoms with Gasteiger partial charge >= 0.3 is 6.09 Å². The predicted molar refractivity (Wildman–Crippen MR) is 147 cm³/mol. The fourth-order valence-electron chi connectivity index (χ4n) is 4.98. The van der Waals surface area contributed by atoms with Gasteiger partial charge in [-0.1, -0.05) is 26.0 Å². The summed E-state index contributed by atoms with van der Waals surface area (Å²) >= 11 is 0. The van der Waals surface area contributed by atoms with Crippen molar-refractivity contribution in [1.82, 2.24) is 20.4 Å². The lowest BCUT2D eigenvalue weighted by Crippen LogP contribution is -2.54. The molecule has 0 aromatic heterocycles. The third kappa shape index (κ3) is 8.34. The fourth-order valence-corrected chi connectivity index (χ4v) is 4.98. The molecule has 0 unspecified atom stereocenters. The van der Waals surface area contributed by atoms with Crippen molar-refractivity contribution in [3.05, 3.63) is 29.8 Å². The predicted octanol–water partition coefficient (Wildman–Crippen LogP) is 3.09. The highest BCUT2D eigenvalue weighted by atomic mass is 16.6. The molecule has 1 aromatic carbocycles. The molecule has 2 atom stereocenters. The van der Waals surface area contributed by atoms with Gasteiger partial charge in [-0.25, -0.2) is 4.79 Å². The molecule has 10 nitrogen and oxygen atoms in total. The monoisotopic (exact) mass is 544 g/mol. The molecule has 2 saturated heterocycles. The van der Waals surface area contributed by atoms with Gasteiger partial charge in [-0.3, -0.25) is 19.3 Å². The van der Waals surface area contributed by atoms with E-state index in [0.717, 1.165) is 17.7 Å². The van der Waals surface area contributed by atoms with Crippen molar-refractivity contribution in [2.24, 2.45) is 11.8 Å². The topological polar surface area (TPSA) is 117 Å². The second kappa shape index (κ2) is 13.2. The van der Waals surface area contributed by atoms with E-state index in [2.05, 4.69) is 10.6 Å². The van der Waals surface area contributed by atoms with E-state index in [1.165, 1.54) is 4.90 Å². The number of benzene rings is 1. The van der Waals surface area contributed by atoms with Gasteiger partial charge in [0.15, 0.2) is 0 Å². The standard InChI is InChI=1S/C29H44N4O6/c1-19(2)24(26(35)30-18-20-9-11-22(38-6)12-10-20)31-25(34)21-13-16-32(17-14-21)27(36)23-8-7-15-33(23)28(37)39-29(3,4)5/h9-12,19,21,23-24H,7-8,13-18H2,1-6H3,(H,30,35)(H,31,34)/t23-,24+/m0/s1. The van der Waals surface area contributed by atoms with Gasteiger partial charge in [-0.2, -0.15) is 0 Å². The number of hydrogen-bond donors (Lipinski definition) is 2. The van der Waals surface area contributed by atoms with Crippen molar-refractivity contribution < 1.29 is 28.7 Å². The van der Waals surface area contributed by atoms with Crippen LogP contribution in [-0.4, -0.2) is 78.0 Å². The lowest BCUT2D eigenvalue weighted by atomic mass is 9.94. The second-order valence-corrected chi connectivity index (χ2v) is 11.7. The number of nitrogens with one attached hydrogen (secondary N) is 2. The first-order valence-electron chi connectivity index (χ1n) is 13.9. The van der Waals surface area contributed by atoms with Crippen molar-refractivity contribution in [2.45, 2.75) is 84.5 Å². The highest BCUT2D eigenvalue weighted by molar-refractivity contribution is 5.89. The molecular weight excluding hydrogens is 500 g/mol. The van der Waals surface area contributed by atoms with Gasteiger partial charge in [0.05, 0.1) is 7.11 Å². The van der Waals surface area contributed by atoms with Crippen LogP contribution in [0.3, 0.4) is 0 Å². The second-order valence-electron chi connectivity index (χ2n) is 11.7. The number of piperidine rings is 1. The van der Waals surface area contributed by atoms with Crippen molar-refractivity contribution in [1.29, 1.82) is 0 Å². The zero-order chi connectivity index (χ0) is 28.7. The molecule has 0 bridgehead atoms. The lowest BCUT2D eigenvalue weighted by molar-refractivity contribution is -0.140. The minimum absolute atomic E-state index is 0.0878. The minimum Gasteiger partial charge on any atom is -0.497 e. The summed E-state index contributed by atoms with van der Waals surface area (Å²) in [5.74, 6) is -0.117. The van der Waals surface area contributed by atoms with E-state index < -0.39 is 23.8 Å². The summed E-state index contributed by atoms with van der Waals surface area (Å²) in [6, 6.07) is 6.26. The summed E-state index contributed by atoms with van der Waals surface area (Å²) in [4.78, 5) is 55.1. The quantitative estimate of drug-likeness (QED) is 0.520. The summed E-state index contributed by atoms with van der Waals surface area (Å²) in [7, 11) is 1.60. The highest BCUT2D eigenvalue weighted by Crippen LogP contribution is 2.25. The highest BCUT2D eigenvalue weighted by Gasteiger charge is 2.40. The Morgan fingerprint density at radius 3 is 2.21 bits per heavy atom. The molecule has 39 heavy (non-hydrogen) atoms. The Hall–Kier alpha value is -3.30. The first-order valence-corrected chi connectivity index (χ1v) is 13.9. The third-order valence-corrected chi connectivity index (χ3v) is 7.22. The summed E-state index contributed by atoms with van der Waals surface area (Å²) in [6.45, 7) is 10.9. The van der Waals surface area contributed by atoms with Gasteiger partial charge in [0.25, 0.3) is 0 Å². The molecule has 2 aliphatic rings. The fraction of sp³-hybridized carbons (Fsp3) is 0.655. The molecule has 1 aromatic rings. The molecule has 0 radical (unpaired) electrons. The van der Waals surface area contributed by atoms with Crippen molar-refractivity contribution in [2.75, 3.05) is 26.7 Å². The number of ether oxygens (including phenoxy) is 2. The average molecular weight is 545 g/mol. The first-order chi connectivity index (χ1) is 18.4. The van der Waals surface area contributed by atoms with Crippen LogP contribution in [0, 0.1) is 11.8 Å². The van der Waals surface area contributed by atoms with Gasteiger partial charge in [0, 0.05) is 32.1 Å². The van der Waals surface area contributed by atoms with E-state index in [4.69, 9.17) is 9.47 Å². The summed E-state index contributed by atoms with van der Waals surface area (Å²) < 4.78 is 10.7. The number of likely N-dealkylation sites (tertiary alicyclic amines) is 2. The first kappa shape index (κ1) is 30.2. The Labute approximate surface area is 231 Å². The maximum absolute atomic E-state index is 13.3. The largest absolute Gasteiger partial charge is 0.497 e. The van der Waals surface area contributed by atoms with Crippen LogP contribution >= 0.6 is 0 Å². The normalized spacial score (nSPS) is 19.0. The van der Waals surface area contributed by atoms with E-state index in [1.807, 2.05) is 58.9 Å². The molecule has 2 aliphatic heterocycles. The van der Waals surface area contributed by atoms with Crippen LogP contribution < -0.4 is 15.4 Å². The van der Waals surface area contributed by atoms with Crippen LogP contribution in [0.15, 0.2) is 24.3 Å². The van der Waals surface area contributed by atoms with Crippen molar-refractivity contribution in [3.63, 3.8) is 0 Å². The van der Waals surface area contributed by atoms with Crippen LogP contribution in [0.5, 0.6) is 5.75 Å². The molecule has 10 heteroatoms. The van der Waals surface area contributed by atoms with Crippen molar-refractivity contribution >= 4 is 23.8 Å². The maximum Gasteiger partial charge on any atom is 0.410 e. The SMILES string of the molecule is COc1ccc(CNC(=O)[C@H](NC(=O)C2CCN(C(=O)[C@@H]3CCCN3C(=O)OC(C)(C)C)CC2)C(C)C)cc1. The minimum atomic E-state index is -0.656. The molecule has 0 spiro atoms. The van der Waals surface area contributed by atoms with Crippen LogP contribution in [-0.2, 0) is 25.7 Å². The Kier molecular flexibility index (Phi) is 10.2. The van der Waals surface area contributed by atoms with Crippen LogP contribution in [0.1, 0.15) is 65.9 Å². The van der Waals surface area contributed by atoms with E-state index in [1.54, 1.807) is 12.0 Å². The summed E-state index contributed by atoms with van der Waals surface area (Å²) in [5.41, 5.74) is 0.307. The van der Waals surface area contributed by atoms with Gasteiger partial charge in [0.2, 0.25) is 17.7 Å². The van der Waals surface area contributed by atoms with Crippen LogP contribution in [0.2, 0.25) is 0 Å². The molecule has 0 saturated carbocycles. The van der Waals surface area contributed by atoms with E-state index in [0.29, 0.717) is 45.4 Å². The number of methoxy groups -OCH3 is 1. The summed E-state index contributed by atoms with van der Waals surface area (Å²) in [6.07, 6.45) is 1.92. The van der Waals surface area contributed by atoms with Gasteiger partial charge in [-0.15, -0.1) is 0 Å². The molecule has 3 rings (SSSR count). The van der Waals surface area contributed by atoms with Crippen LogP contribution in [0.25, 0.3) is 0 Å². The number of carbonyl (C=O) groups is 4. The molecular formula is C29H44N4O6. The molecule has 2 N–H and O–H groups in total. The Balaban J connectivity index is 1.50. The molecule has 216 valence electrons. The third-order valence-electron chi connectivity index (χ3n) is 7.22. The van der Waals surface area contributed by atoms with E-state index >= 15 is 0 Å². The van der Waals surface area contributed by atoms with Crippen LogP contribution in [0.4, 0.5) is 4.79 Å². The van der Waals surface area contributed by atoms with Gasteiger partial charge in [0.1, 0.15) is 23.4 Å². The number of nitrogens with zero attached hydrogens (tertiary/aromatic N) is 2. The zero-order valence-electron chi connectivity index (χ0n) is 24.1. The van der Waals surface area contributed by atoms with E-state index in [-0.39, 0.29) is 29.6 Å². The van der Waals surface area contributed by atoms with Crippen molar-refractivity contribution in [3.8, 4) is 5.75 Å². The smallest absolute Gasteiger partial charge is 0.410 e. The lowest BCUT2D eigenvalue weighted by Gasteiger charge is -2.36. The summed E-state index contributed by atoms with van der Waals surface area (Å²) in [5, 5.41) is 5.86.